The minimum atomic E-state index is 0. The SMILES string of the molecule is CNc1ccccc1N1CCCCC1.Cl. The molecular weight excluding hydrogens is 208 g/mol. The number of anilines is 2. The Labute approximate surface area is 98.1 Å². The number of hydrogen-bond donors (Lipinski definition) is 1. The van der Waals surface area contributed by atoms with E-state index in [0.717, 1.165) is 0 Å². The highest BCUT2D eigenvalue weighted by molar-refractivity contribution is 5.85. The lowest BCUT2D eigenvalue weighted by Gasteiger charge is -2.30. The Morgan fingerprint density at radius 1 is 1.07 bits per heavy atom. The quantitative estimate of drug-likeness (QED) is 0.834. The first-order valence-electron chi connectivity index (χ1n) is 5.43. The van der Waals surface area contributed by atoms with E-state index in [4.69, 9.17) is 0 Å². The van der Waals surface area contributed by atoms with E-state index in [1.54, 1.807) is 0 Å². The number of nitrogens with zero attached hydrogens (tertiary/aromatic N) is 1. The molecule has 3 heteroatoms. The Balaban J connectivity index is 0.00000112. The Morgan fingerprint density at radius 2 is 1.73 bits per heavy atom. The van der Waals surface area contributed by atoms with Crippen LogP contribution in [0.25, 0.3) is 0 Å². The summed E-state index contributed by atoms with van der Waals surface area (Å²) in [6.07, 6.45) is 4.05. The van der Waals surface area contributed by atoms with E-state index in [1.165, 1.54) is 43.7 Å². The predicted molar refractivity (Wildman–Crippen MR) is 69.3 cm³/mol. The van der Waals surface area contributed by atoms with Crippen molar-refractivity contribution in [2.45, 2.75) is 19.3 Å². The largest absolute Gasteiger partial charge is 0.386 e. The first-order valence-corrected chi connectivity index (χ1v) is 5.43. The van der Waals surface area contributed by atoms with Gasteiger partial charge in [-0.25, -0.2) is 0 Å². The highest BCUT2D eigenvalue weighted by atomic mass is 35.5. The molecule has 1 fully saturated rings. The molecule has 1 aromatic carbocycles. The lowest BCUT2D eigenvalue weighted by molar-refractivity contribution is 0.578. The lowest BCUT2D eigenvalue weighted by Crippen LogP contribution is -2.29. The number of benzene rings is 1. The van der Waals surface area contributed by atoms with E-state index < -0.39 is 0 Å². The fourth-order valence-corrected chi connectivity index (χ4v) is 2.10. The molecule has 0 unspecified atom stereocenters. The maximum atomic E-state index is 3.25. The van der Waals surface area contributed by atoms with Gasteiger partial charge >= 0.3 is 0 Å². The Bertz CT molecular complexity index is 295. The van der Waals surface area contributed by atoms with Gasteiger partial charge in [0.25, 0.3) is 0 Å². The number of nitrogens with one attached hydrogen (secondary N) is 1. The van der Waals surface area contributed by atoms with Crippen molar-refractivity contribution in [3.05, 3.63) is 24.3 Å². The summed E-state index contributed by atoms with van der Waals surface area (Å²) in [6.45, 7) is 2.41. The Hall–Kier alpha value is -0.890. The van der Waals surface area contributed by atoms with E-state index in [2.05, 4.69) is 34.5 Å². The maximum absolute atomic E-state index is 3.25. The minimum absolute atomic E-state index is 0. The summed E-state index contributed by atoms with van der Waals surface area (Å²) in [4.78, 5) is 2.48. The number of rotatable bonds is 2. The molecule has 15 heavy (non-hydrogen) atoms. The molecule has 1 aliphatic rings. The molecule has 1 N–H and O–H groups in total. The summed E-state index contributed by atoms with van der Waals surface area (Å²) in [6, 6.07) is 8.55. The van der Waals surface area contributed by atoms with Crippen LogP contribution in [0.4, 0.5) is 11.4 Å². The van der Waals surface area contributed by atoms with Crippen LogP contribution in [0.5, 0.6) is 0 Å². The standard InChI is InChI=1S/C12H18N2.ClH/c1-13-11-7-3-4-8-12(11)14-9-5-2-6-10-14;/h3-4,7-8,13H,2,5-6,9-10H2,1H3;1H. The van der Waals surface area contributed by atoms with Gasteiger partial charge < -0.3 is 10.2 Å². The molecule has 0 saturated carbocycles. The van der Waals surface area contributed by atoms with Gasteiger partial charge in [0.1, 0.15) is 0 Å². The lowest BCUT2D eigenvalue weighted by atomic mass is 10.1. The van der Waals surface area contributed by atoms with E-state index in [1.807, 2.05) is 7.05 Å². The van der Waals surface area contributed by atoms with Gasteiger partial charge in [0, 0.05) is 20.1 Å². The summed E-state index contributed by atoms with van der Waals surface area (Å²) >= 11 is 0. The van der Waals surface area contributed by atoms with Crippen LogP contribution in [0, 0.1) is 0 Å². The third-order valence-corrected chi connectivity index (χ3v) is 2.87. The Morgan fingerprint density at radius 3 is 2.40 bits per heavy atom. The molecule has 0 amide bonds. The van der Waals surface area contributed by atoms with Crippen LogP contribution in [-0.2, 0) is 0 Å². The molecule has 0 aromatic heterocycles. The van der Waals surface area contributed by atoms with Crippen LogP contribution in [0.3, 0.4) is 0 Å². The normalized spacial score (nSPS) is 15.7. The molecule has 2 nitrogen and oxygen atoms in total. The smallest absolute Gasteiger partial charge is 0.0601 e. The first-order chi connectivity index (χ1) is 6.92. The number of hydrogen-bond acceptors (Lipinski definition) is 2. The van der Waals surface area contributed by atoms with Crippen LogP contribution in [0.1, 0.15) is 19.3 Å². The van der Waals surface area contributed by atoms with Gasteiger partial charge in [-0.2, -0.15) is 0 Å². The van der Waals surface area contributed by atoms with Gasteiger partial charge in [0.15, 0.2) is 0 Å². The third kappa shape index (κ3) is 2.78. The van der Waals surface area contributed by atoms with Gasteiger partial charge in [-0.1, -0.05) is 12.1 Å². The van der Waals surface area contributed by atoms with Gasteiger partial charge in [-0.15, -0.1) is 12.4 Å². The van der Waals surface area contributed by atoms with Crippen molar-refractivity contribution in [3.8, 4) is 0 Å². The predicted octanol–water partition coefficient (Wildman–Crippen LogP) is 3.14. The monoisotopic (exact) mass is 226 g/mol. The van der Waals surface area contributed by atoms with Crippen molar-refractivity contribution < 1.29 is 0 Å². The van der Waals surface area contributed by atoms with Crippen LogP contribution in [0.2, 0.25) is 0 Å². The zero-order valence-electron chi connectivity index (χ0n) is 9.20. The summed E-state index contributed by atoms with van der Waals surface area (Å²) in [5.74, 6) is 0. The second kappa shape index (κ2) is 5.86. The van der Waals surface area contributed by atoms with E-state index in [0.29, 0.717) is 0 Å². The zero-order chi connectivity index (χ0) is 9.80. The van der Waals surface area contributed by atoms with Crippen molar-refractivity contribution >= 4 is 23.8 Å². The fourth-order valence-electron chi connectivity index (χ4n) is 2.10. The van der Waals surface area contributed by atoms with Crippen molar-refractivity contribution in [2.75, 3.05) is 30.4 Å². The summed E-state index contributed by atoms with van der Waals surface area (Å²) in [5, 5.41) is 3.25. The minimum Gasteiger partial charge on any atom is -0.386 e. The first kappa shape index (κ1) is 12.2. The molecule has 1 aromatic rings. The average Bonchev–Trinajstić information content (AvgIpc) is 2.30. The summed E-state index contributed by atoms with van der Waals surface area (Å²) in [5.41, 5.74) is 2.60. The van der Waals surface area contributed by atoms with Crippen LogP contribution >= 0.6 is 12.4 Å². The number of piperidine rings is 1. The number of para-hydroxylation sites is 2. The van der Waals surface area contributed by atoms with E-state index in [-0.39, 0.29) is 12.4 Å². The molecule has 0 radical (unpaired) electrons. The van der Waals surface area contributed by atoms with Crippen LogP contribution < -0.4 is 10.2 Å². The second-order valence-corrected chi connectivity index (χ2v) is 3.81. The van der Waals surface area contributed by atoms with Crippen LogP contribution in [-0.4, -0.2) is 20.1 Å². The topological polar surface area (TPSA) is 15.3 Å². The molecule has 84 valence electrons. The van der Waals surface area contributed by atoms with Gasteiger partial charge in [-0.3, -0.25) is 0 Å². The van der Waals surface area contributed by atoms with Gasteiger partial charge in [0.2, 0.25) is 0 Å². The highest BCUT2D eigenvalue weighted by Crippen LogP contribution is 2.27. The molecule has 0 bridgehead atoms. The van der Waals surface area contributed by atoms with Gasteiger partial charge in [-0.05, 0) is 31.4 Å². The van der Waals surface area contributed by atoms with Crippen LogP contribution in [0.15, 0.2) is 24.3 Å². The van der Waals surface area contributed by atoms with Crippen molar-refractivity contribution in [2.24, 2.45) is 0 Å². The summed E-state index contributed by atoms with van der Waals surface area (Å²) < 4.78 is 0. The Kier molecular flexibility index (Phi) is 4.76. The van der Waals surface area contributed by atoms with E-state index in [9.17, 15) is 0 Å². The molecule has 1 aliphatic heterocycles. The van der Waals surface area contributed by atoms with Crippen molar-refractivity contribution in [1.82, 2.24) is 0 Å². The maximum Gasteiger partial charge on any atom is 0.0601 e. The van der Waals surface area contributed by atoms with Gasteiger partial charge in [0.05, 0.1) is 11.4 Å². The molecular formula is C12H19ClN2. The number of halogens is 1. The summed E-state index contributed by atoms with van der Waals surface area (Å²) in [7, 11) is 1.99. The third-order valence-electron chi connectivity index (χ3n) is 2.87. The van der Waals surface area contributed by atoms with Crippen molar-refractivity contribution in [1.29, 1.82) is 0 Å². The molecule has 1 heterocycles. The molecule has 0 aliphatic carbocycles. The zero-order valence-corrected chi connectivity index (χ0v) is 10.0. The van der Waals surface area contributed by atoms with E-state index >= 15 is 0 Å². The molecule has 2 rings (SSSR count). The molecule has 0 atom stereocenters. The molecule has 1 saturated heterocycles. The molecule has 0 spiro atoms. The average molecular weight is 227 g/mol. The fraction of sp³-hybridized carbons (Fsp3) is 0.500. The second-order valence-electron chi connectivity index (χ2n) is 3.81. The van der Waals surface area contributed by atoms with Crippen molar-refractivity contribution in [3.63, 3.8) is 0 Å². The highest BCUT2D eigenvalue weighted by Gasteiger charge is 2.12.